The second kappa shape index (κ2) is 7.40. The van der Waals surface area contributed by atoms with Crippen LogP contribution in [0.3, 0.4) is 0 Å². The van der Waals surface area contributed by atoms with Gasteiger partial charge in [0, 0.05) is 12.7 Å². The van der Waals surface area contributed by atoms with Gasteiger partial charge in [-0.25, -0.2) is 0 Å². The Balaban J connectivity index is 2.16. The highest BCUT2D eigenvalue weighted by atomic mass is 16.5. The van der Waals surface area contributed by atoms with Crippen molar-refractivity contribution in [1.82, 2.24) is 9.88 Å². The average Bonchev–Trinajstić information content (AvgIpc) is 3.08. The minimum atomic E-state index is -0.437. The van der Waals surface area contributed by atoms with Crippen LogP contribution >= 0.6 is 0 Å². The molecule has 2 heterocycles. The van der Waals surface area contributed by atoms with Crippen molar-refractivity contribution in [2.24, 2.45) is 5.92 Å². The summed E-state index contributed by atoms with van der Waals surface area (Å²) in [6, 6.07) is 8.72. The van der Waals surface area contributed by atoms with E-state index in [0.717, 1.165) is 5.69 Å². The Kier molecular flexibility index (Phi) is 5.30. The molecular formula is C16H18N2O4. The summed E-state index contributed by atoms with van der Waals surface area (Å²) in [5.41, 5.74) is 0.736. The summed E-state index contributed by atoms with van der Waals surface area (Å²) >= 11 is 0. The Morgan fingerprint density at radius 3 is 2.73 bits per heavy atom. The first kappa shape index (κ1) is 15.8. The number of rotatable bonds is 6. The molecule has 2 rings (SSSR count). The first-order chi connectivity index (χ1) is 10.6. The van der Waals surface area contributed by atoms with Crippen molar-refractivity contribution in [2.45, 2.75) is 13.5 Å². The zero-order chi connectivity index (χ0) is 15.9. The maximum Gasteiger partial charge on any atom is 0.310 e. The van der Waals surface area contributed by atoms with E-state index in [2.05, 4.69) is 4.98 Å². The number of hydrogen-bond donors (Lipinski definition) is 0. The molecule has 1 atom stereocenters. The lowest BCUT2D eigenvalue weighted by Gasteiger charge is -2.23. The molecule has 6 nitrogen and oxygen atoms in total. The molecule has 2 aromatic rings. The lowest BCUT2D eigenvalue weighted by molar-refractivity contribution is -0.145. The minimum Gasteiger partial charge on any atom is -0.469 e. The van der Waals surface area contributed by atoms with Gasteiger partial charge in [0.1, 0.15) is 0 Å². The lowest BCUT2D eigenvalue weighted by Crippen LogP contribution is -2.36. The molecule has 22 heavy (non-hydrogen) atoms. The van der Waals surface area contributed by atoms with Gasteiger partial charge in [0.05, 0.1) is 31.5 Å². The normalized spacial score (nSPS) is 11.7. The smallest absolute Gasteiger partial charge is 0.310 e. The van der Waals surface area contributed by atoms with E-state index in [1.165, 1.54) is 18.3 Å². The van der Waals surface area contributed by atoms with Gasteiger partial charge >= 0.3 is 5.97 Å². The number of hydrogen-bond acceptors (Lipinski definition) is 5. The number of carbonyl (C=O) groups excluding carboxylic acids is 2. The zero-order valence-corrected chi connectivity index (χ0v) is 12.6. The van der Waals surface area contributed by atoms with E-state index in [1.54, 1.807) is 31.3 Å². The summed E-state index contributed by atoms with van der Waals surface area (Å²) in [5, 5.41) is 0. The van der Waals surface area contributed by atoms with E-state index in [1.807, 2.05) is 12.1 Å². The van der Waals surface area contributed by atoms with E-state index in [9.17, 15) is 9.59 Å². The fraction of sp³-hybridized carbons (Fsp3) is 0.312. The summed E-state index contributed by atoms with van der Waals surface area (Å²) < 4.78 is 9.87. The molecule has 0 spiro atoms. The highest BCUT2D eigenvalue weighted by Gasteiger charge is 2.24. The standard InChI is InChI=1S/C16H18N2O4/c1-12(16(20)21-2)10-18(11-13-6-3-4-8-17-13)15(19)14-7-5-9-22-14/h3-9,12H,10-11H2,1-2H3. The summed E-state index contributed by atoms with van der Waals surface area (Å²) in [5.74, 6) is -0.856. The molecule has 116 valence electrons. The maximum atomic E-state index is 12.5. The van der Waals surface area contributed by atoms with Crippen LogP contribution in [-0.2, 0) is 16.1 Å². The van der Waals surface area contributed by atoms with Crippen LogP contribution in [0.4, 0.5) is 0 Å². The van der Waals surface area contributed by atoms with Crippen molar-refractivity contribution in [3.63, 3.8) is 0 Å². The summed E-state index contributed by atoms with van der Waals surface area (Å²) in [6.45, 7) is 2.23. The number of carbonyl (C=O) groups is 2. The molecule has 0 aliphatic rings. The van der Waals surface area contributed by atoms with Crippen LogP contribution in [0.2, 0.25) is 0 Å². The number of amides is 1. The van der Waals surface area contributed by atoms with Crippen LogP contribution in [-0.4, -0.2) is 35.4 Å². The fourth-order valence-corrected chi connectivity index (χ4v) is 2.07. The number of pyridine rings is 1. The maximum absolute atomic E-state index is 12.5. The molecule has 0 aliphatic heterocycles. The van der Waals surface area contributed by atoms with E-state index < -0.39 is 5.92 Å². The molecule has 0 saturated carbocycles. The predicted octanol–water partition coefficient (Wildman–Crippen LogP) is 2.13. The quantitative estimate of drug-likeness (QED) is 0.764. The van der Waals surface area contributed by atoms with Crippen molar-refractivity contribution in [1.29, 1.82) is 0 Å². The molecule has 1 unspecified atom stereocenters. The summed E-state index contributed by atoms with van der Waals surface area (Å²) in [4.78, 5) is 29.9. The SMILES string of the molecule is COC(=O)C(C)CN(Cc1ccccn1)C(=O)c1ccco1. The highest BCUT2D eigenvalue weighted by molar-refractivity contribution is 5.91. The van der Waals surface area contributed by atoms with Crippen molar-refractivity contribution >= 4 is 11.9 Å². The van der Waals surface area contributed by atoms with Gasteiger partial charge in [0.25, 0.3) is 5.91 Å². The van der Waals surface area contributed by atoms with Crippen LogP contribution in [0, 0.1) is 5.92 Å². The molecule has 1 amide bonds. The Bertz CT molecular complexity index is 610. The second-order valence-corrected chi connectivity index (χ2v) is 4.91. The molecule has 0 aliphatic carbocycles. The number of esters is 1. The Morgan fingerprint density at radius 1 is 1.32 bits per heavy atom. The Morgan fingerprint density at radius 2 is 2.14 bits per heavy atom. The number of aromatic nitrogens is 1. The van der Waals surface area contributed by atoms with Crippen LogP contribution in [0.5, 0.6) is 0 Å². The molecular weight excluding hydrogens is 284 g/mol. The summed E-state index contributed by atoms with van der Waals surface area (Å²) in [6.07, 6.45) is 3.10. The molecule has 0 bridgehead atoms. The molecule has 6 heteroatoms. The Hall–Kier alpha value is -2.63. The first-order valence-corrected chi connectivity index (χ1v) is 6.92. The van der Waals surface area contributed by atoms with Gasteiger partial charge in [0.15, 0.2) is 5.76 Å². The predicted molar refractivity (Wildman–Crippen MR) is 78.9 cm³/mol. The fourth-order valence-electron chi connectivity index (χ4n) is 2.07. The van der Waals surface area contributed by atoms with Crippen LogP contribution in [0.15, 0.2) is 47.2 Å². The number of methoxy groups -OCH3 is 1. The minimum absolute atomic E-state index is 0.225. The molecule has 0 saturated heterocycles. The average molecular weight is 302 g/mol. The van der Waals surface area contributed by atoms with E-state index in [0.29, 0.717) is 6.54 Å². The number of furan rings is 1. The molecule has 0 aromatic carbocycles. The Labute approximate surface area is 128 Å². The molecule has 0 radical (unpaired) electrons. The van der Waals surface area contributed by atoms with Gasteiger partial charge in [0.2, 0.25) is 0 Å². The summed E-state index contributed by atoms with van der Waals surface area (Å²) in [7, 11) is 1.33. The van der Waals surface area contributed by atoms with Gasteiger partial charge in [-0.05, 0) is 24.3 Å². The van der Waals surface area contributed by atoms with Crippen LogP contribution in [0.1, 0.15) is 23.2 Å². The van der Waals surface area contributed by atoms with Gasteiger partial charge in [-0.2, -0.15) is 0 Å². The van der Waals surface area contributed by atoms with Crippen molar-refractivity contribution in [2.75, 3.05) is 13.7 Å². The van der Waals surface area contributed by atoms with E-state index in [4.69, 9.17) is 9.15 Å². The number of nitrogens with zero attached hydrogens (tertiary/aromatic N) is 2. The van der Waals surface area contributed by atoms with Crippen molar-refractivity contribution < 1.29 is 18.7 Å². The van der Waals surface area contributed by atoms with E-state index >= 15 is 0 Å². The number of ether oxygens (including phenoxy) is 1. The third kappa shape index (κ3) is 3.94. The van der Waals surface area contributed by atoms with Gasteiger partial charge in [-0.15, -0.1) is 0 Å². The zero-order valence-electron chi connectivity index (χ0n) is 12.6. The first-order valence-electron chi connectivity index (χ1n) is 6.92. The lowest BCUT2D eigenvalue weighted by atomic mass is 10.1. The molecule has 0 fully saturated rings. The van der Waals surface area contributed by atoms with Crippen LogP contribution in [0.25, 0.3) is 0 Å². The largest absolute Gasteiger partial charge is 0.469 e. The van der Waals surface area contributed by atoms with Crippen molar-refractivity contribution in [3.8, 4) is 0 Å². The molecule has 0 N–H and O–H groups in total. The van der Waals surface area contributed by atoms with Crippen LogP contribution < -0.4 is 0 Å². The topological polar surface area (TPSA) is 72.6 Å². The van der Waals surface area contributed by atoms with Gasteiger partial charge in [-0.3, -0.25) is 14.6 Å². The second-order valence-electron chi connectivity index (χ2n) is 4.91. The van der Waals surface area contributed by atoms with Gasteiger partial charge in [-0.1, -0.05) is 13.0 Å². The molecule has 2 aromatic heterocycles. The third-order valence-electron chi connectivity index (χ3n) is 3.20. The monoisotopic (exact) mass is 302 g/mol. The highest BCUT2D eigenvalue weighted by Crippen LogP contribution is 2.12. The van der Waals surface area contributed by atoms with Crippen molar-refractivity contribution in [3.05, 3.63) is 54.2 Å². The van der Waals surface area contributed by atoms with Gasteiger partial charge < -0.3 is 14.1 Å². The van der Waals surface area contributed by atoms with E-state index in [-0.39, 0.29) is 24.2 Å². The third-order valence-corrected chi connectivity index (χ3v) is 3.20.